The molecule has 4 aliphatic heterocycles. The summed E-state index contributed by atoms with van der Waals surface area (Å²) in [6.07, 6.45) is 19.7. The van der Waals surface area contributed by atoms with Crippen molar-refractivity contribution in [3.8, 4) is 57.5 Å². The van der Waals surface area contributed by atoms with Crippen LogP contribution in [0.5, 0.6) is 57.5 Å². The van der Waals surface area contributed by atoms with Gasteiger partial charge in [-0.05, 0) is 172 Å². The molecular formula is C109H150N5NaO24. The summed E-state index contributed by atoms with van der Waals surface area (Å²) in [5, 5.41) is 52.1. The number of amides is 8. The topological polar surface area (TPSA) is 408 Å². The van der Waals surface area contributed by atoms with Gasteiger partial charge in [0.2, 0.25) is 0 Å². The SMILES string of the molecule is C.C.C.C.C.C.C.C.CC(=O)Oc1cccc(O)c1.CC(=O)Oc1cccc(OCCN2C(=O)c3ccccc3C2=O)c1.CCO.CC[O-].NCCOc1cccc(OCC2CCCCC2)c1.O=C1c2ccccc2C(=O)N1CCO.O=C1c2ccccc2C(=O)N1CCOc1cccc(O)c1.O=C1c2ccccc2C(=O)N1CCOc1cccc(OCC2CCCCC2)c1.OCC1CCCCC1.[Na+]. The number of β-amino-alcohol motifs (C(OH)–C–C–N with tert-alkyl or cyclic N) is 1. The maximum Gasteiger partial charge on any atom is 1.00 e. The van der Waals surface area contributed by atoms with E-state index in [4.69, 9.17) is 69.2 Å². The average Bonchev–Trinajstić information content (AvgIpc) is 1.66. The third-order valence-corrected chi connectivity index (χ3v) is 21.0. The molecule has 0 bridgehead atoms. The first-order chi connectivity index (χ1) is 63.0. The van der Waals surface area contributed by atoms with E-state index in [9.17, 15) is 53.1 Å². The van der Waals surface area contributed by atoms with Gasteiger partial charge in [0.05, 0.1) is 90.5 Å². The third-order valence-electron chi connectivity index (χ3n) is 21.0. The van der Waals surface area contributed by atoms with Gasteiger partial charge in [-0.15, -0.1) is 6.61 Å². The zero-order valence-electron chi connectivity index (χ0n) is 75.1. The van der Waals surface area contributed by atoms with E-state index in [0.29, 0.717) is 105 Å². The number of imide groups is 4. The fraction of sp³-hybridized carbons (Fsp3) is 0.413. The number of nitrogens with two attached hydrogens (primary N) is 1. The normalized spacial score (nSPS) is 13.6. The summed E-state index contributed by atoms with van der Waals surface area (Å²) in [6, 6.07) is 61.5. The van der Waals surface area contributed by atoms with Crippen LogP contribution in [0.1, 0.15) is 266 Å². The molecule has 9 aromatic carbocycles. The van der Waals surface area contributed by atoms with Gasteiger partial charge in [-0.2, -0.15) is 0 Å². The number of phenols is 2. The Morgan fingerprint density at radius 2 is 0.540 bits per heavy atom. The van der Waals surface area contributed by atoms with Crippen molar-refractivity contribution >= 4 is 59.2 Å². The zero-order valence-corrected chi connectivity index (χ0v) is 77.1. The largest absolute Gasteiger partial charge is 1.00 e. The first-order valence-corrected chi connectivity index (χ1v) is 44.0. The van der Waals surface area contributed by atoms with Gasteiger partial charge >= 0.3 is 41.5 Å². The summed E-state index contributed by atoms with van der Waals surface area (Å²) in [4.78, 5) is 123. The molecule has 30 heteroatoms. The average molecular weight is 1940 g/mol. The molecule has 3 saturated carbocycles. The van der Waals surface area contributed by atoms with Crippen LogP contribution in [-0.4, -0.2) is 203 Å². The van der Waals surface area contributed by atoms with Gasteiger partial charge in [-0.1, -0.05) is 203 Å². The number of hydrogen-bond acceptors (Lipinski definition) is 25. The van der Waals surface area contributed by atoms with Crippen LogP contribution in [0.2, 0.25) is 0 Å². The van der Waals surface area contributed by atoms with Crippen molar-refractivity contribution in [2.24, 2.45) is 23.5 Å². The number of benzene rings is 9. The molecule has 4 heterocycles. The maximum absolute atomic E-state index is 12.4. The predicted molar refractivity (Wildman–Crippen MR) is 538 cm³/mol. The summed E-state index contributed by atoms with van der Waals surface area (Å²) >= 11 is 0. The summed E-state index contributed by atoms with van der Waals surface area (Å²) in [7, 11) is 0. The Bertz CT molecular complexity index is 5010. The quantitative estimate of drug-likeness (QED) is 0.0127. The number of fused-ring (bicyclic) bond motifs is 4. The number of carbonyl (C=O) groups is 10. The summed E-state index contributed by atoms with van der Waals surface area (Å²) in [5.74, 6) is 3.95. The maximum atomic E-state index is 12.4. The van der Waals surface area contributed by atoms with E-state index >= 15 is 0 Å². The Labute approximate surface area is 845 Å². The Morgan fingerprint density at radius 3 is 0.784 bits per heavy atom. The smallest absolute Gasteiger partial charge is 0.855 e. The van der Waals surface area contributed by atoms with E-state index in [1.807, 2.05) is 48.5 Å². The van der Waals surface area contributed by atoms with Gasteiger partial charge in [-0.25, -0.2) is 0 Å². The third kappa shape index (κ3) is 41.7. The Balaban J connectivity index is 0. The van der Waals surface area contributed by atoms with Crippen LogP contribution < -0.4 is 78.3 Å². The number of esters is 2. The van der Waals surface area contributed by atoms with Crippen molar-refractivity contribution in [2.45, 2.75) is 183 Å². The number of phenolic OH excluding ortho intramolecular Hbond substituents is 2. The first-order valence-electron chi connectivity index (χ1n) is 44.0. The molecule has 9 aromatic rings. The Hall–Kier alpha value is -12.3. The molecule has 139 heavy (non-hydrogen) atoms. The standard InChI is InChI=1S/C23H25NO4.C18H15NO5.C16H13NO4.C15H23NO2.C10H9NO3.C8H8O3.C7H14O.C2H6O.C2H5O.8CH4.Na/c25-22-20-11-4-5-12-21(20)23(26)24(22)13-14-27-18-9-6-10-19(15-18)28-16-17-7-2-1-3-8-17;1-12(20)24-14-6-4-5-13(11-14)23-10-9-19-17(21)15-7-2-3-8-16(15)18(19)22;18-11-4-3-5-12(10-11)21-9-8-17-15(19)13-6-1-2-7-14(13)16(17)20;16-9-10-17-14-7-4-8-15(11-14)18-12-13-5-2-1-3-6-13;12-6-5-11-9(13)7-3-1-2-4-8(7)10(11)14;1-6(9)11-8-4-2-3-7(10)5-8;8-6-7-4-2-1-3-5-7;2*1-2-3;;;;;;;;;/h4-6,9-12,15,17H,1-3,7-8,13-14,16H2;2-8,11H,9-10H2,1H3;1-7,10,18H,8-9H2;4,7-8,11,13H,1-3,5-6,9-10,12,16H2;1-4,12H,5-6H2;2-5,10H,1H3;7-8H,1-6H2;3H,2H2,1H3;2H2,1H3;8*1H4;/q;;;;;;;;-1;;;;;;;;;+1. The van der Waals surface area contributed by atoms with E-state index in [1.54, 1.807) is 159 Å². The second kappa shape index (κ2) is 70.3. The van der Waals surface area contributed by atoms with Crippen molar-refractivity contribution in [2.75, 3.05) is 98.8 Å². The van der Waals surface area contributed by atoms with Crippen LogP contribution >= 0.6 is 0 Å². The molecule has 0 aromatic heterocycles. The molecule has 3 fully saturated rings. The minimum atomic E-state index is -0.418. The molecule has 7 aliphatic rings. The number of rotatable bonds is 26. The van der Waals surface area contributed by atoms with Gasteiger partial charge in [0, 0.05) is 63.9 Å². The molecule has 0 atom stereocenters. The summed E-state index contributed by atoms with van der Waals surface area (Å²) in [6.45, 7) is 10.2. The van der Waals surface area contributed by atoms with Crippen molar-refractivity contribution in [1.29, 1.82) is 0 Å². The summed E-state index contributed by atoms with van der Waals surface area (Å²) < 4.78 is 43.7. The van der Waals surface area contributed by atoms with E-state index in [0.717, 1.165) is 41.3 Å². The van der Waals surface area contributed by atoms with Crippen LogP contribution in [0.3, 0.4) is 0 Å². The predicted octanol–water partition coefficient (Wildman–Crippen LogP) is 16.3. The number of nitrogens with zero attached hydrogens (tertiary/aromatic N) is 4. The number of aliphatic hydroxyl groups is 3. The van der Waals surface area contributed by atoms with Crippen LogP contribution in [0.4, 0.5) is 0 Å². The van der Waals surface area contributed by atoms with Gasteiger partial charge in [0.25, 0.3) is 47.3 Å². The number of aromatic hydroxyl groups is 2. The molecule has 0 saturated heterocycles. The first kappa shape index (κ1) is 129. The monoisotopic (exact) mass is 1940 g/mol. The van der Waals surface area contributed by atoms with Gasteiger partial charge in [-0.3, -0.25) is 67.5 Å². The second-order valence-corrected chi connectivity index (χ2v) is 30.7. The number of carbonyl (C=O) groups excluding carboxylic acids is 10. The van der Waals surface area contributed by atoms with E-state index < -0.39 is 11.9 Å². The van der Waals surface area contributed by atoms with Crippen LogP contribution in [-0.2, 0) is 9.59 Å². The van der Waals surface area contributed by atoms with Gasteiger partial charge in [0.15, 0.2) is 0 Å². The molecule has 0 unspecified atom stereocenters. The number of hydrogen-bond donors (Lipinski definition) is 6. The van der Waals surface area contributed by atoms with Crippen LogP contribution in [0.25, 0.3) is 0 Å². The minimum absolute atomic E-state index is 0. The Morgan fingerprint density at radius 1 is 0.324 bits per heavy atom. The molecule has 8 amide bonds. The second-order valence-electron chi connectivity index (χ2n) is 30.7. The molecule has 0 radical (unpaired) electrons. The fourth-order valence-corrected chi connectivity index (χ4v) is 14.7. The molecule has 7 N–H and O–H groups in total. The van der Waals surface area contributed by atoms with Gasteiger partial charge < -0.3 is 74.3 Å². The molecular weight excluding hydrogens is 1790 g/mol. The van der Waals surface area contributed by atoms with Crippen molar-refractivity contribution in [3.05, 3.63) is 263 Å². The van der Waals surface area contributed by atoms with Crippen molar-refractivity contribution < 1.29 is 146 Å². The van der Waals surface area contributed by atoms with Crippen LogP contribution in [0, 0.1) is 17.8 Å². The van der Waals surface area contributed by atoms with Crippen LogP contribution in [0.15, 0.2) is 218 Å². The van der Waals surface area contributed by atoms with Gasteiger partial charge in [0.1, 0.15) is 83.9 Å². The summed E-state index contributed by atoms with van der Waals surface area (Å²) in [5.41, 5.74) is 8.88. The molecule has 3 aliphatic carbocycles. The minimum Gasteiger partial charge on any atom is -0.855 e. The molecule has 756 valence electrons. The van der Waals surface area contributed by atoms with Crippen molar-refractivity contribution in [1.82, 2.24) is 19.6 Å². The van der Waals surface area contributed by atoms with E-state index in [1.165, 1.54) is 149 Å². The Kier molecular flexibility index (Phi) is 65.1. The molecule has 0 spiro atoms. The van der Waals surface area contributed by atoms with Crippen molar-refractivity contribution in [3.63, 3.8) is 0 Å². The number of aliphatic hydroxyl groups excluding tert-OH is 3. The van der Waals surface area contributed by atoms with E-state index in [2.05, 4.69) is 0 Å². The van der Waals surface area contributed by atoms with E-state index in [-0.39, 0.29) is 214 Å². The molecule has 29 nitrogen and oxygen atoms in total. The zero-order chi connectivity index (χ0) is 93.5. The number of ether oxygens (including phenoxy) is 8. The molecule has 16 rings (SSSR count). The fourth-order valence-electron chi connectivity index (χ4n) is 14.7.